The van der Waals surface area contributed by atoms with Gasteiger partial charge in [-0.1, -0.05) is 66.7 Å². The number of carbonyl (C=O) groups excluding carboxylic acids is 1. The minimum atomic E-state index is -0.947. The van der Waals surface area contributed by atoms with Crippen LogP contribution in [0.4, 0.5) is 0 Å². The first-order valence-corrected chi connectivity index (χ1v) is 7.50. The summed E-state index contributed by atoms with van der Waals surface area (Å²) in [4.78, 5) is 11.0. The molecule has 0 saturated heterocycles. The molecule has 4 nitrogen and oxygen atoms in total. The van der Waals surface area contributed by atoms with Gasteiger partial charge in [-0.3, -0.25) is 4.79 Å². The quantitative estimate of drug-likeness (QED) is 0.766. The molecule has 0 spiro atoms. The second-order valence-corrected chi connectivity index (χ2v) is 5.33. The van der Waals surface area contributed by atoms with E-state index >= 15 is 0 Å². The molecule has 0 fully saturated rings. The number of carbonyl (C=O) groups is 1. The van der Waals surface area contributed by atoms with E-state index in [0.717, 1.165) is 16.7 Å². The largest absolute Gasteiger partial charge is 0.394 e. The number of hydrogen-bond acceptors (Lipinski definition) is 3. The first-order chi connectivity index (χ1) is 11.1. The molecule has 3 N–H and O–H groups in total. The molecule has 0 saturated carbocycles. The average Bonchev–Trinajstić information content (AvgIpc) is 2.58. The van der Waals surface area contributed by atoms with E-state index in [-0.39, 0.29) is 12.5 Å². The smallest absolute Gasteiger partial charge is 0.217 e. The summed E-state index contributed by atoms with van der Waals surface area (Å²) < 4.78 is 0. The molecular formula is C19H21NO3. The van der Waals surface area contributed by atoms with E-state index in [2.05, 4.69) is 5.32 Å². The van der Waals surface area contributed by atoms with Gasteiger partial charge >= 0.3 is 0 Å². The van der Waals surface area contributed by atoms with Crippen LogP contribution in [0.5, 0.6) is 0 Å². The number of nitrogens with one attached hydrogen (secondary N) is 1. The monoisotopic (exact) mass is 311 g/mol. The van der Waals surface area contributed by atoms with Crippen molar-refractivity contribution in [3.63, 3.8) is 0 Å². The Bertz CT molecular complexity index is 650. The van der Waals surface area contributed by atoms with Gasteiger partial charge in [0, 0.05) is 6.92 Å². The van der Waals surface area contributed by atoms with Crippen LogP contribution in [0.3, 0.4) is 0 Å². The Morgan fingerprint density at radius 1 is 1.09 bits per heavy atom. The average molecular weight is 311 g/mol. The molecule has 0 bridgehead atoms. The molecule has 2 aromatic carbocycles. The van der Waals surface area contributed by atoms with Gasteiger partial charge in [-0.2, -0.15) is 0 Å². The Labute approximate surface area is 136 Å². The van der Waals surface area contributed by atoms with Crippen LogP contribution in [0.25, 0.3) is 17.2 Å². The van der Waals surface area contributed by atoms with E-state index < -0.39 is 12.1 Å². The van der Waals surface area contributed by atoms with Crippen molar-refractivity contribution in [3.05, 3.63) is 66.2 Å². The lowest BCUT2D eigenvalue weighted by atomic mass is 10.0. The third-order valence-corrected chi connectivity index (χ3v) is 3.50. The van der Waals surface area contributed by atoms with Crippen LogP contribution in [0.15, 0.2) is 60.7 Å². The van der Waals surface area contributed by atoms with Gasteiger partial charge in [-0.05, 0) is 16.7 Å². The van der Waals surface area contributed by atoms with E-state index in [0.29, 0.717) is 0 Å². The molecule has 2 aromatic rings. The second kappa shape index (κ2) is 8.27. The number of benzene rings is 2. The fourth-order valence-electron chi connectivity index (χ4n) is 2.26. The first-order valence-electron chi connectivity index (χ1n) is 7.50. The van der Waals surface area contributed by atoms with Gasteiger partial charge in [0.15, 0.2) is 0 Å². The zero-order valence-electron chi connectivity index (χ0n) is 13.0. The zero-order chi connectivity index (χ0) is 16.7. The number of amides is 1. The highest BCUT2D eigenvalue weighted by Crippen LogP contribution is 2.19. The minimum absolute atomic E-state index is 0.288. The molecule has 2 atom stereocenters. The van der Waals surface area contributed by atoms with Gasteiger partial charge in [0.2, 0.25) is 5.91 Å². The molecule has 0 aliphatic rings. The summed E-state index contributed by atoms with van der Waals surface area (Å²) in [6.45, 7) is 1.03. The molecule has 0 aliphatic heterocycles. The topological polar surface area (TPSA) is 69.6 Å². The number of rotatable bonds is 6. The molecule has 0 heterocycles. The Morgan fingerprint density at radius 3 is 2.26 bits per heavy atom. The Hall–Kier alpha value is -2.43. The third-order valence-electron chi connectivity index (χ3n) is 3.50. The lowest BCUT2D eigenvalue weighted by Gasteiger charge is -2.18. The van der Waals surface area contributed by atoms with Crippen molar-refractivity contribution in [1.29, 1.82) is 0 Å². The first kappa shape index (κ1) is 16.9. The highest BCUT2D eigenvalue weighted by Gasteiger charge is 2.16. The van der Waals surface area contributed by atoms with E-state index in [1.54, 1.807) is 12.2 Å². The molecule has 23 heavy (non-hydrogen) atoms. The molecule has 120 valence electrons. The summed E-state index contributed by atoms with van der Waals surface area (Å²) in [5.41, 5.74) is 3.20. The standard InChI is InChI=1S/C19H21NO3/c1-14(22)20-18(13-21)19(23)12-9-15-7-10-17(11-8-15)16-5-3-2-4-6-16/h2-12,18-19,21,23H,13H2,1H3,(H,20,22)/b12-9+/t18-,19+/m0/s1. The summed E-state index contributed by atoms with van der Waals surface area (Å²) in [5.74, 6) is -0.288. The molecule has 2 rings (SSSR count). The third kappa shape index (κ3) is 5.06. The van der Waals surface area contributed by atoms with Gasteiger partial charge < -0.3 is 15.5 Å². The van der Waals surface area contributed by atoms with E-state index in [4.69, 9.17) is 0 Å². The Morgan fingerprint density at radius 2 is 1.70 bits per heavy atom. The van der Waals surface area contributed by atoms with Crippen molar-refractivity contribution >= 4 is 12.0 Å². The maximum atomic E-state index is 11.0. The van der Waals surface area contributed by atoms with Crippen LogP contribution < -0.4 is 5.32 Å². The van der Waals surface area contributed by atoms with Gasteiger partial charge in [-0.25, -0.2) is 0 Å². The highest BCUT2D eigenvalue weighted by molar-refractivity contribution is 5.73. The van der Waals surface area contributed by atoms with Crippen LogP contribution in [0.2, 0.25) is 0 Å². The molecular weight excluding hydrogens is 290 g/mol. The fourth-order valence-corrected chi connectivity index (χ4v) is 2.26. The summed E-state index contributed by atoms with van der Waals surface area (Å²) in [6, 6.07) is 17.3. The lowest BCUT2D eigenvalue weighted by molar-refractivity contribution is -0.120. The summed E-state index contributed by atoms with van der Waals surface area (Å²) >= 11 is 0. The van der Waals surface area contributed by atoms with Crippen LogP contribution in [-0.2, 0) is 4.79 Å². The minimum Gasteiger partial charge on any atom is -0.394 e. The van der Waals surface area contributed by atoms with Crippen molar-refractivity contribution in [2.45, 2.75) is 19.1 Å². The van der Waals surface area contributed by atoms with Crippen LogP contribution in [0, 0.1) is 0 Å². The molecule has 4 heteroatoms. The van der Waals surface area contributed by atoms with Crippen molar-refractivity contribution in [2.24, 2.45) is 0 Å². The van der Waals surface area contributed by atoms with E-state index in [1.807, 2.05) is 54.6 Å². The number of hydrogen-bond donors (Lipinski definition) is 3. The maximum Gasteiger partial charge on any atom is 0.217 e. The second-order valence-electron chi connectivity index (χ2n) is 5.33. The van der Waals surface area contributed by atoms with Gasteiger partial charge in [-0.15, -0.1) is 0 Å². The fraction of sp³-hybridized carbons (Fsp3) is 0.211. The summed E-state index contributed by atoms with van der Waals surface area (Å²) in [5, 5.41) is 21.7. The predicted molar refractivity (Wildman–Crippen MR) is 91.6 cm³/mol. The van der Waals surface area contributed by atoms with Gasteiger partial charge in [0.25, 0.3) is 0 Å². The van der Waals surface area contributed by atoms with Crippen LogP contribution >= 0.6 is 0 Å². The molecule has 1 amide bonds. The molecule has 0 unspecified atom stereocenters. The summed E-state index contributed by atoms with van der Waals surface area (Å²) in [6.07, 6.45) is 2.39. The lowest BCUT2D eigenvalue weighted by Crippen LogP contribution is -2.44. The van der Waals surface area contributed by atoms with Crippen molar-refractivity contribution in [2.75, 3.05) is 6.61 Å². The molecule has 0 aliphatic carbocycles. The number of aliphatic hydroxyl groups is 2. The predicted octanol–water partition coefficient (Wildman–Crippen LogP) is 2.22. The van der Waals surface area contributed by atoms with E-state index in [9.17, 15) is 15.0 Å². The van der Waals surface area contributed by atoms with Crippen molar-refractivity contribution < 1.29 is 15.0 Å². The normalized spacial score (nSPS) is 13.7. The Kier molecular flexibility index (Phi) is 6.09. The summed E-state index contributed by atoms with van der Waals surface area (Å²) in [7, 11) is 0. The van der Waals surface area contributed by atoms with E-state index in [1.165, 1.54) is 6.92 Å². The van der Waals surface area contributed by atoms with Gasteiger partial charge in [0.1, 0.15) is 0 Å². The van der Waals surface area contributed by atoms with Crippen LogP contribution in [-0.4, -0.2) is 34.9 Å². The maximum absolute atomic E-state index is 11.0. The van der Waals surface area contributed by atoms with Crippen LogP contribution in [0.1, 0.15) is 12.5 Å². The van der Waals surface area contributed by atoms with Crippen molar-refractivity contribution in [1.82, 2.24) is 5.32 Å². The SMILES string of the molecule is CC(=O)N[C@@H](CO)[C@H](O)/C=C/c1ccc(-c2ccccc2)cc1. The molecule has 0 radical (unpaired) electrons. The number of aliphatic hydroxyl groups excluding tert-OH is 2. The van der Waals surface area contributed by atoms with Crippen molar-refractivity contribution in [3.8, 4) is 11.1 Å². The Balaban J connectivity index is 2.04. The molecule has 0 aromatic heterocycles. The highest BCUT2D eigenvalue weighted by atomic mass is 16.3. The zero-order valence-corrected chi connectivity index (χ0v) is 13.0. The van der Waals surface area contributed by atoms with Gasteiger partial charge in [0.05, 0.1) is 18.8 Å².